The van der Waals surface area contributed by atoms with E-state index in [0.717, 1.165) is 30.5 Å². The van der Waals surface area contributed by atoms with Gasteiger partial charge in [-0.05, 0) is 43.4 Å². The third kappa shape index (κ3) is 5.86. The van der Waals surface area contributed by atoms with Gasteiger partial charge in [-0.3, -0.25) is 4.99 Å². The molecule has 28 heavy (non-hydrogen) atoms. The van der Waals surface area contributed by atoms with E-state index in [1.165, 1.54) is 24.1 Å². The van der Waals surface area contributed by atoms with Gasteiger partial charge in [0.1, 0.15) is 0 Å². The molecule has 0 spiro atoms. The van der Waals surface area contributed by atoms with Crippen LogP contribution in [0.15, 0.2) is 39.8 Å². The first-order valence-electron chi connectivity index (χ1n) is 9.84. The summed E-state index contributed by atoms with van der Waals surface area (Å²) in [5, 5.41) is 10.9. The van der Waals surface area contributed by atoms with Gasteiger partial charge in [-0.2, -0.15) is 0 Å². The van der Waals surface area contributed by atoms with Crippen LogP contribution >= 0.6 is 24.0 Å². The van der Waals surface area contributed by atoms with Gasteiger partial charge < -0.3 is 20.1 Å². The van der Waals surface area contributed by atoms with Crippen LogP contribution in [0.2, 0.25) is 0 Å². The Hall–Kier alpha value is -1.77. The quantitative estimate of drug-likeness (QED) is 0.351. The van der Waals surface area contributed by atoms with Crippen LogP contribution in [-0.2, 0) is 6.54 Å². The molecule has 1 aliphatic rings. The number of anilines is 1. The van der Waals surface area contributed by atoms with E-state index in [2.05, 4.69) is 70.7 Å². The molecule has 1 aliphatic heterocycles. The maximum absolute atomic E-state index is 5.38. The predicted octanol–water partition coefficient (Wildman–Crippen LogP) is 4.44. The van der Waals surface area contributed by atoms with Gasteiger partial charge in [-0.15, -0.1) is 24.0 Å². The number of guanidine groups is 1. The van der Waals surface area contributed by atoms with Gasteiger partial charge in [-0.25, -0.2) is 0 Å². The summed E-state index contributed by atoms with van der Waals surface area (Å²) >= 11 is 0. The van der Waals surface area contributed by atoms with Crippen LogP contribution in [0.4, 0.5) is 5.69 Å². The lowest BCUT2D eigenvalue weighted by Gasteiger charge is -2.22. The molecule has 1 saturated heterocycles. The van der Waals surface area contributed by atoms with Gasteiger partial charge in [0.25, 0.3) is 0 Å². The van der Waals surface area contributed by atoms with E-state index in [9.17, 15) is 0 Å². The van der Waals surface area contributed by atoms with Crippen LogP contribution < -0.4 is 15.5 Å². The zero-order chi connectivity index (χ0) is 19.2. The predicted molar refractivity (Wildman–Crippen MR) is 126 cm³/mol. The summed E-state index contributed by atoms with van der Waals surface area (Å²) in [6.07, 6.45) is 2.57. The summed E-state index contributed by atoms with van der Waals surface area (Å²) in [6.45, 7) is 9.23. The van der Waals surface area contributed by atoms with Crippen LogP contribution in [0.3, 0.4) is 0 Å². The van der Waals surface area contributed by atoms with E-state index in [4.69, 9.17) is 4.52 Å². The maximum Gasteiger partial charge on any atom is 0.191 e. The average Bonchev–Trinajstić information content (AvgIpc) is 3.37. The molecule has 0 saturated carbocycles. The Morgan fingerprint density at radius 1 is 1.21 bits per heavy atom. The molecule has 7 heteroatoms. The van der Waals surface area contributed by atoms with Gasteiger partial charge in [0, 0.05) is 31.9 Å². The van der Waals surface area contributed by atoms with Crippen molar-refractivity contribution in [1.29, 1.82) is 0 Å². The topological polar surface area (TPSA) is 65.7 Å². The molecule has 2 aromatic rings. The Morgan fingerprint density at radius 3 is 2.61 bits per heavy atom. The first-order chi connectivity index (χ1) is 13.1. The minimum absolute atomic E-state index is 0. The van der Waals surface area contributed by atoms with Gasteiger partial charge in [-0.1, -0.05) is 31.1 Å². The fourth-order valence-corrected chi connectivity index (χ4v) is 3.30. The molecule has 1 aromatic heterocycles. The zero-order valence-corrected chi connectivity index (χ0v) is 19.6. The van der Waals surface area contributed by atoms with Crippen LogP contribution in [0, 0.1) is 0 Å². The smallest absolute Gasteiger partial charge is 0.191 e. The lowest BCUT2D eigenvalue weighted by Crippen LogP contribution is -2.38. The van der Waals surface area contributed by atoms with E-state index in [-0.39, 0.29) is 30.0 Å². The molecule has 2 N–H and O–H groups in total. The van der Waals surface area contributed by atoms with Crippen molar-refractivity contribution in [2.45, 2.75) is 52.1 Å². The number of rotatable bonds is 6. The number of halogens is 1. The minimum Gasteiger partial charge on any atom is -0.372 e. The lowest BCUT2D eigenvalue weighted by molar-refractivity contribution is 0.371. The van der Waals surface area contributed by atoms with Crippen molar-refractivity contribution in [3.8, 4) is 0 Å². The van der Waals surface area contributed by atoms with Crippen LogP contribution in [0.1, 0.15) is 62.6 Å². The van der Waals surface area contributed by atoms with Crippen molar-refractivity contribution in [1.82, 2.24) is 15.8 Å². The standard InChI is InChI=1S/C21H31N5O.HI/c1-15(2)20-13-19(27-25-20)14-23-21(22-4)24-16(3)17-8-7-9-18(12-17)26-10-5-6-11-26;/h7-9,12-13,15-16H,5-6,10-11,14H2,1-4H3,(H2,22,23,24);1H. The third-order valence-electron chi connectivity index (χ3n) is 5.02. The lowest BCUT2D eigenvalue weighted by atomic mass is 10.1. The Morgan fingerprint density at radius 2 is 1.96 bits per heavy atom. The maximum atomic E-state index is 5.38. The fourth-order valence-electron chi connectivity index (χ4n) is 3.30. The number of aliphatic imine (C=N–C) groups is 1. The largest absolute Gasteiger partial charge is 0.372 e. The summed E-state index contributed by atoms with van der Waals surface area (Å²) in [4.78, 5) is 6.79. The van der Waals surface area contributed by atoms with Gasteiger partial charge in [0.05, 0.1) is 18.3 Å². The molecule has 0 amide bonds. The average molecular weight is 497 g/mol. The SMILES string of the molecule is CN=C(NCc1cc(C(C)C)no1)NC(C)c1cccc(N2CCCC2)c1.I. The molecule has 6 nitrogen and oxygen atoms in total. The third-order valence-corrected chi connectivity index (χ3v) is 5.02. The molecule has 154 valence electrons. The Labute approximate surface area is 185 Å². The molecular formula is C21H32IN5O. The van der Waals surface area contributed by atoms with E-state index < -0.39 is 0 Å². The van der Waals surface area contributed by atoms with E-state index in [1.54, 1.807) is 7.05 Å². The molecule has 0 bridgehead atoms. The summed E-state index contributed by atoms with van der Waals surface area (Å²) in [5.41, 5.74) is 3.54. The Kier molecular flexibility index (Phi) is 8.59. The molecule has 3 rings (SSSR count). The van der Waals surface area contributed by atoms with Crippen LogP contribution in [0.25, 0.3) is 0 Å². The summed E-state index contributed by atoms with van der Waals surface area (Å²) in [6, 6.07) is 10.9. The fraction of sp³-hybridized carbons (Fsp3) is 0.524. The monoisotopic (exact) mass is 497 g/mol. The van der Waals surface area contributed by atoms with Gasteiger partial charge in [0.15, 0.2) is 11.7 Å². The summed E-state index contributed by atoms with van der Waals surface area (Å²) in [7, 11) is 1.78. The van der Waals surface area contributed by atoms with E-state index in [0.29, 0.717) is 12.5 Å². The van der Waals surface area contributed by atoms with Crippen molar-refractivity contribution < 1.29 is 4.52 Å². The number of nitrogens with one attached hydrogen (secondary N) is 2. The van der Waals surface area contributed by atoms with Gasteiger partial charge >= 0.3 is 0 Å². The number of nitrogens with zero attached hydrogens (tertiary/aromatic N) is 3. The van der Waals surface area contributed by atoms with E-state index in [1.807, 2.05) is 6.07 Å². The van der Waals surface area contributed by atoms with Crippen molar-refractivity contribution in [2.24, 2.45) is 4.99 Å². The number of hydrogen-bond acceptors (Lipinski definition) is 4. The minimum atomic E-state index is 0. The highest BCUT2D eigenvalue weighted by Crippen LogP contribution is 2.24. The highest BCUT2D eigenvalue weighted by Gasteiger charge is 2.15. The van der Waals surface area contributed by atoms with Crippen molar-refractivity contribution >= 4 is 35.6 Å². The van der Waals surface area contributed by atoms with Gasteiger partial charge in [0.2, 0.25) is 0 Å². The van der Waals surface area contributed by atoms with Crippen LogP contribution in [-0.4, -0.2) is 31.3 Å². The van der Waals surface area contributed by atoms with Crippen molar-refractivity contribution in [3.05, 3.63) is 47.3 Å². The second kappa shape index (κ2) is 10.7. The number of aromatic nitrogens is 1. The zero-order valence-electron chi connectivity index (χ0n) is 17.2. The summed E-state index contributed by atoms with van der Waals surface area (Å²) in [5.74, 6) is 1.92. The molecule has 1 atom stereocenters. The molecule has 2 heterocycles. The molecule has 1 aromatic carbocycles. The first-order valence-corrected chi connectivity index (χ1v) is 9.84. The Bertz CT molecular complexity index is 768. The van der Waals surface area contributed by atoms with Crippen molar-refractivity contribution in [2.75, 3.05) is 25.0 Å². The normalized spacial score (nSPS) is 15.5. The number of hydrogen-bond donors (Lipinski definition) is 2. The first kappa shape index (κ1) is 22.5. The molecule has 1 unspecified atom stereocenters. The molecule has 0 aliphatic carbocycles. The highest BCUT2D eigenvalue weighted by molar-refractivity contribution is 14.0. The second-order valence-electron chi connectivity index (χ2n) is 7.45. The molecule has 0 radical (unpaired) electrons. The van der Waals surface area contributed by atoms with Crippen molar-refractivity contribution in [3.63, 3.8) is 0 Å². The molecule has 1 fully saturated rings. The van der Waals surface area contributed by atoms with E-state index >= 15 is 0 Å². The molecular weight excluding hydrogens is 465 g/mol. The summed E-state index contributed by atoms with van der Waals surface area (Å²) < 4.78 is 5.38. The highest BCUT2D eigenvalue weighted by atomic mass is 127. The second-order valence-corrected chi connectivity index (χ2v) is 7.45. The van der Waals surface area contributed by atoms with Crippen LogP contribution in [0.5, 0.6) is 0 Å². The Balaban J connectivity index is 0.00000280. The number of benzene rings is 1.